The molecule has 1 saturated carbocycles. The molecule has 6 nitrogen and oxygen atoms in total. The summed E-state index contributed by atoms with van der Waals surface area (Å²) < 4.78 is 0. The largest absolute Gasteiger partial charge is 0.409 e. The van der Waals surface area contributed by atoms with Crippen LogP contribution in [0.5, 0.6) is 0 Å². The first-order chi connectivity index (χ1) is 8.61. The molecule has 0 saturated heterocycles. The zero-order valence-corrected chi connectivity index (χ0v) is 10.7. The van der Waals surface area contributed by atoms with Gasteiger partial charge in [0.25, 0.3) is 0 Å². The van der Waals surface area contributed by atoms with Gasteiger partial charge in [-0.15, -0.1) is 0 Å². The van der Waals surface area contributed by atoms with Gasteiger partial charge in [0.1, 0.15) is 11.5 Å². The lowest BCUT2D eigenvalue weighted by atomic mass is 10.2. The molecule has 98 valence electrons. The smallest absolute Gasteiger partial charge is 0.190 e. The van der Waals surface area contributed by atoms with Gasteiger partial charge >= 0.3 is 0 Å². The first-order valence-corrected chi connectivity index (χ1v) is 6.18. The van der Waals surface area contributed by atoms with Gasteiger partial charge in [0.2, 0.25) is 0 Å². The van der Waals surface area contributed by atoms with Gasteiger partial charge in [-0.25, -0.2) is 9.97 Å². The SMILES string of the molecule is CC(C)CN(c1cnc(C(N)=NO)cn1)C1CC1. The highest BCUT2D eigenvalue weighted by Crippen LogP contribution is 2.30. The fourth-order valence-electron chi connectivity index (χ4n) is 1.86. The molecule has 1 aromatic rings. The zero-order chi connectivity index (χ0) is 13.1. The van der Waals surface area contributed by atoms with E-state index in [0.717, 1.165) is 12.4 Å². The molecule has 2 rings (SSSR count). The van der Waals surface area contributed by atoms with Crippen LogP contribution >= 0.6 is 0 Å². The number of aromatic nitrogens is 2. The Hall–Kier alpha value is -1.85. The first kappa shape index (κ1) is 12.6. The number of amidine groups is 1. The third kappa shape index (κ3) is 2.88. The van der Waals surface area contributed by atoms with Gasteiger partial charge in [-0.3, -0.25) is 0 Å². The summed E-state index contributed by atoms with van der Waals surface area (Å²) in [6, 6.07) is 0.594. The molecule has 0 amide bonds. The van der Waals surface area contributed by atoms with Crippen molar-refractivity contribution in [3.05, 3.63) is 18.1 Å². The van der Waals surface area contributed by atoms with Crippen molar-refractivity contribution in [3.8, 4) is 0 Å². The second-order valence-corrected chi connectivity index (χ2v) is 5.02. The van der Waals surface area contributed by atoms with Crippen LogP contribution in [0.25, 0.3) is 0 Å². The molecule has 0 bridgehead atoms. The number of nitrogens with two attached hydrogens (primary N) is 1. The van der Waals surface area contributed by atoms with Gasteiger partial charge < -0.3 is 15.8 Å². The van der Waals surface area contributed by atoms with Crippen LogP contribution < -0.4 is 10.6 Å². The third-order valence-electron chi connectivity index (χ3n) is 2.85. The fourth-order valence-corrected chi connectivity index (χ4v) is 1.86. The Balaban J connectivity index is 2.15. The van der Waals surface area contributed by atoms with Crippen LogP contribution in [0, 0.1) is 5.92 Å². The number of anilines is 1. The summed E-state index contributed by atoms with van der Waals surface area (Å²) in [5.74, 6) is 1.42. The highest BCUT2D eigenvalue weighted by Gasteiger charge is 2.30. The van der Waals surface area contributed by atoms with Crippen LogP contribution in [0.15, 0.2) is 17.5 Å². The molecule has 6 heteroatoms. The number of hydrogen-bond donors (Lipinski definition) is 2. The molecule has 0 unspecified atom stereocenters. The Kier molecular flexibility index (Phi) is 3.64. The molecule has 0 radical (unpaired) electrons. The lowest BCUT2D eigenvalue weighted by Crippen LogP contribution is -2.31. The molecule has 1 aromatic heterocycles. The summed E-state index contributed by atoms with van der Waals surface area (Å²) in [6.07, 6.45) is 5.67. The predicted molar refractivity (Wildman–Crippen MR) is 69.7 cm³/mol. The van der Waals surface area contributed by atoms with Crippen molar-refractivity contribution in [2.45, 2.75) is 32.7 Å². The van der Waals surface area contributed by atoms with Crippen molar-refractivity contribution < 1.29 is 5.21 Å². The minimum absolute atomic E-state index is 0.0177. The van der Waals surface area contributed by atoms with E-state index >= 15 is 0 Å². The Morgan fingerprint density at radius 2 is 2.22 bits per heavy atom. The van der Waals surface area contributed by atoms with Gasteiger partial charge in [0, 0.05) is 12.6 Å². The molecular weight excluding hydrogens is 230 g/mol. The monoisotopic (exact) mass is 249 g/mol. The van der Waals surface area contributed by atoms with Crippen LogP contribution in [0.4, 0.5) is 5.82 Å². The molecule has 1 fully saturated rings. The van der Waals surface area contributed by atoms with Crippen LogP contribution in [-0.4, -0.2) is 33.6 Å². The van der Waals surface area contributed by atoms with Gasteiger partial charge in [-0.2, -0.15) is 0 Å². The second-order valence-electron chi connectivity index (χ2n) is 5.02. The minimum atomic E-state index is -0.0177. The van der Waals surface area contributed by atoms with Crippen molar-refractivity contribution in [1.82, 2.24) is 9.97 Å². The summed E-state index contributed by atoms with van der Waals surface area (Å²) >= 11 is 0. The van der Waals surface area contributed by atoms with Gasteiger partial charge in [-0.05, 0) is 18.8 Å². The molecule has 18 heavy (non-hydrogen) atoms. The number of oxime groups is 1. The summed E-state index contributed by atoms with van der Waals surface area (Å²) in [5, 5.41) is 11.5. The van der Waals surface area contributed by atoms with Crippen molar-refractivity contribution in [1.29, 1.82) is 0 Å². The molecule has 0 aliphatic heterocycles. The predicted octanol–water partition coefficient (Wildman–Crippen LogP) is 1.20. The lowest BCUT2D eigenvalue weighted by molar-refractivity contribution is 0.318. The molecule has 0 spiro atoms. The molecular formula is C12H19N5O. The number of nitrogens with zero attached hydrogens (tertiary/aromatic N) is 4. The zero-order valence-electron chi connectivity index (χ0n) is 10.7. The van der Waals surface area contributed by atoms with Crippen LogP contribution in [-0.2, 0) is 0 Å². The summed E-state index contributed by atoms with van der Waals surface area (Å²) in [7, 11) is 0. The topological polar surface area (TPSA) is 87.6 Å². The minimum Gasteiger partial charge on any atom is -0.409 e. The summed E-state index contributed by atoms with van der Waals surface area (Å²) in [6.45, 7) is 5.35. The normalized spacial score (nSPS) is 16.1. The Bertz CT molecular complexity index is 425. The van der Waals surface area contributed by atoms with Crippen LogP contribution in [0.1, 0.15) is 32.4 Å². The van der Waals surface area contributed by atoms with Crippen molar-refractivity contribution in [3.63, 3.8) is 0 Å². The Morgan fingerprint density at radius 1 is 1.50 bits per heavy atom. The van der Waals surface area contributed by atoms with E-state index < -0.39 is 0 Å². The highest BCUT2D eigenvalue weighted by molar-refractivity contribution is 5.94. The van der Waals surface area contributed by atoms with E-state index in [2.05, 4.69) is 33.9 Å². The van der Waals surface area contributed by atoms with E-state index in [0.29, 0.717) is 17.7 Å². The van der Waals surface area contributed by atoms with Crippen molar-refractivity contribution in [2.75, 3.05) is 11.4 Å². The van der Waals surface area contributed by atoms with E-state index in [1.807, 2.05) is 0 Å². The van der Waals surface area contributed by atoms with Crippen LogP contribution in [0.2, 0.25) is 0 Å². The fraction of sp³-hybridized carbons (Fsp3) is 0.583. The van der Waals surface area contributed by atoms with Crippen molar-refractivity contribution in [2.24, 2.45) is 16.8 Å². The maximum absolute atomic E-state index is 8.57. The first-order valence-electron chi connectivity index (χ1n) is 6.18. The molecule has 3 N–H and O–H groups in total. The molecule has 1 aliphatic rings. The summed E-state index contributed by atoms with van der Waals surface area (Å²) in [4.78, 5) is 10.8. The van der Waals surface area contributed by atoms with E-state index in [1.165, 1.54) is 12.8 Å². The molecule has 0 atom stereocenters. The van der Waals surface area contributed by atoms with E-state index in [1.54, 1.807) is 12.4 Å². The standard InChI is InChI=1S/C12H19N5O/c1-8(2)7-17(9-3-4-9)11-6-14-10(5-15-11)12(13)16-18/h5-6,8-9,18H,3-4,7H2,1-2H3,(H2,13,16). The average Bonchev–Trinajstić information content (AvgIpc) is 3.19. The van der Waals surface area contributed by atoms with Crippen molar-refractivity contribution >= 4 is 11.7 Å². The lowest BCUT2D eigenvalue weighted by Gasteiger charge is -2.25. The molecule has 1 aliphatic carbocycles. The number of rotatable bonds is 5. The molecule has 1 heterocycles. The average molecular weight is 249 g/mol. The maximum atomic E-state index is 8.57. The highest BCUT2D eigenvalue weighted by atomic mass is 16.4. The van der Waals surface area contributed by atoms with Gasteiger partial charge in [0.05, 0.1) is 12.4 Å². The van der Waals surface area contributed by atoms with E-state index in [9.17, 15) is 0 Å². The second kappa shape index (κ2) is 5.20. The quantitative estimate of drug-likeness (QED) is 0.354. The van der Waals surface area contributed by atoms with Gasteiger partial charge in [0.15, 0.2) is 5.84 Å². The maximum Gasteiger partial charge on any atom is 0.190 e. The summed E-state index contributed by atoms with van der Waals surface area (Å²) in [5.41, 5.74) is 5.85. The number of hydrogen-bond acceptors (Lipinski definition) is 5. The van der Waals surface area contributed by atoms with E-state index in [4.69, 9.17) is 10.9 Å². The Morgan fingerprint density at radius 3 is 2.67 bits per heavy atom. The third-order valence-corrected chi connectivity index (χ3v) is 2.85. The Labute approximate surface area is 107 Å². The molecule has 0 aromatic carbocycles. The van der Waals surface area contributed by atoms with Gasteiger partial charge in [-0.1, -0.05) is 19.0 Å². The van der Waals surface area contributed by atoms with E-state index in [-0.39, 0.29) is 5.84 Å². The van der Waals surface area contributed by atoms with Crippen LogP contribution in [0.3, 0.4) is 0 Å².